The van der Waals surface area contributed by atoms with E-state index in [9.17, 15) is 14.9 Å². The number of alkyl halides is 3. The predicted molar refractivity (Wildman–Crippen MR) is 61.4 cm³/mol. The normalized spacial score (nSPS) is 11.5. The average Bonchev–Trinajstić information content (AvgIpc) is 2.58. The van der Waals surface area contributed by atoms with Crippen LogP contribution in [0.2, 0.25) is 0 Å². The van der Waals surface area contributed by atoms with Gasteiger partial charge in [-0.1, -0.05) is 34.8 Å². The molecule has 0 saturated heterocycles. The molecule has 8 heteroatoms. The Morgan fingerprint density at radius 3 is 2.50 bits per heavy atom. The van der Waals surface area contributed by atoms with Crippen molar-refractivity contribution in [2.24, 2.45) is 0 Å². The molecule has 0 amide bonds. The molecule has 0 N–H and O–H groups in total. The zero-order chi connectivity index (χ0) is 12.5. The van der Waals surface area contributed by atoms with Crippen LogP contribution in [0.15, 0.2) is 12.3 Å². The van der Waals surface area contributed by atoms with Crippen LogP contribution < -0.4 is 0 Å². The minimum absolute atomic E-state index is 0.00852. The van der Waals surface area contributed by atoms with Gasteiger partial charge in [-0.15, -0.1) is 0 Å². The van der Waals surface area contributed by atoms with Crippen molar-refractivity contribution in [1.29, 1.82) is 0 Å². The number of hydrogen-bond acceptors (Lipinski definition) is 3. The van der Waals surface area contributed by atoms with Crippen molar-refractivity contribution in [3.05, 3.63) is 28.1 Å². The van der Waals surface area contributed by atoms with Crippen LogP contribution in [0.1, 0.15) is 17.4 Å². The summed E-state index contributed by atoms with van der Waals surface area (Å²) >= 11 is 16.3. The van der Waals surface area contributed by atoms with Crippen LogP contribution >= 0.6 is 34.8 Å². The number of Topliss-reactive ketones (excluding diaryl/α,β-unsaturated/α-hetero) is 1. The first-order valence-corrected chi connectivity index (χ1v) is 5.36. The molecule has 0 bridgehead atoms. The summed E-state index contributed by atoms with van der Waals surface area (Å²) in [6.07, 6.45) is 1.23. The smallest absolute Gasteiger partial charge is 0.287 e. The third-order valence-electron chi connectivity index (χ3n) is 1.92. The van der Waals surface area contributed by atoms with Crippen LogP contribution in [-0.2, 0) is 6.54 Å². The molecular formula is C8H7Cl3N2O3. The van der Waals surface area contributed by atoms with Gasteiger partial charge in [0, 0.05) is 12.6 Å². The largest absolute Gasteiger partial charge is 0.339 e. The minimum Gasteiger partial charge on any atom is -0.339 e. The highest BCUT2D eigenvalue weighted by molar-refractivity contribution is 6.77. The maximum Gasteiger partial charge on any atom is 0.287 e. The highest BCUT2D eigenvalue weighted by Crippen LogP contribution is 2.32. The summed E-state index contributed by atoms with van der Waals surface area (Å²) in [5, 5.41) is 10.5. The summed E-state index contributed by atoms with van der Waals surface area (Å²) in [6, 6.07) is 1.09. The Kier molecular flexibility index (Phi) is 3.83. The van der Waals surface area contributed by atoms with E-state index in [4.69, 9.17) is 34.8 Å². The summed E-state index contributed by atoms with van der Waals surface area (Å²) < 4.78 is -0.749. The molecule has 16 heavy (non-hydrogen) atoms. The summed E-state index contributed by atoms with van der Waals surface area (Å²) in [6.45, 7) is 2.09. The predicted octanol–water partition coefficient (Wildman–Crippen LogP) is 2.97. The number of aryl methyl sites for hydroxylation is 1. The SMILES string of the molecule is CCn1cc([N+](=O)[O-])cc1C(=O)C(Cl)(Cl)Cl. The van der Waals surface area contributed by atoms with Crippen molar-refractivity contribution >= 4 is 46.3 Å². The average molecular weight is 286 g/mol. The molecular weight excluding hydrogens is 278 g/mol. The summed E-state index contributed by atoms with van der Waals surface area (Å²) in [5.74, 6) is -0.785. The minimum atomic E-state index is -2.11. The van der Waals surface area contributed by atoms with Gasteiger partial charge in [0.15, 0.2) is 0 Å². The number of halogens is 3. The first kappa shape index (κ1) is 13.3. The van der Waals surface area contributed by atoms with E-state index in [1.807, 2.05) is 0 Å². The lowest BCUT2D eigenvalue weighted by molar-refractivity contribution is -0.384. The quantitative estimate of drug-likeness (QED) is 0.371. The van der Waals surface area contributed by atoms with E-state index in [2.05, 4.69) is 0 Å². The Balaban J connectivity index is 3.23. The van der Waals surface area contributed by atoms with Crippen molar-refractivity contribution < 1.29 is 9.72 Å². The van der Waals surface area contributed by atoms with Gasteiger partial charge < -0.3 is 4.57 Å². The fourth-order valence-electron chi connectivity index (χ4n) is 1.19. The molecule has 0 aliphatic heterocycles. The van der Waals surface area contributed by atoms with E-state index < -0.39 is 14.5 Å². The molecule has 0 spiro atoms. The Bertz CT molecular complexity index is 436. The van der Waals surface area contributed by atoms with Crippen LogP contribution in [0.4, 0.5) is 5.69 Å². The zero-order valence-electron chi connectivity index (χ0n) is 8.11. The maximum atomic E-state index is 11.6. The molecule has 0 unspecified atom stereocenters. The Morgan fingerprint density at radius 2 is 2.12 bits per heavy atom. The summed E-state index contributed by atoms with van der Waals surface area (Å²) in [5.41, 5.74) is -0.200. The molecule has 1 heterocycles. The first-order chi connectivity index (χ1) is 7.27. The van der Waals surface area contributed by atoms with Gasteiger partial charge in [0.1, 0.15) is 0 Å². The molecule has 0 atom stereocenters. The number of hydrogen-bond donors (Lipinski definition) is 0. The lowest BCUT2D eigenvalue weighted by Crippen LogP contribution is -2.21. The van der Waals surface area contributed by atoms with Crippen LogP contribution in [0, 0.1) is 10.1 Å². The van der Waals surface area contributed by atoms with Gasteiger partial charge in [-0.3, -0.25) is 14.9 Å². The van der Waals surface area contributed by atoms with Crippen LogP contribution in [0.3, 0.4) is 0 Å². The van der Waals surface area contributed by atoms with Crippen LogP contribution in [0.5, 0.6) is 0 Å². The Morgan fingerprint density at radius 1 is 1.56 bits per heavy atom. The van der Waals surface area contributed by atoms with Crippen molar-refractivity contribution in [3.8, 4) is 0 Å². The van der Waals surface area contributed by atoms with Crippen LogP contribution in [0.25, 0.3) is 0 Å². The molecule has 1 rings (SSSR count). The van der Waals surface area contributed by atoms with Gasteiger partial charge in [-0.25, -0.2) is 0 Å². The topological polar surface area (TPSA) is 65.1 Å². The third kappa shape index (κ3) is 2.66. The molecule has 0 fully saturated rings. The van der Waals surface area contributed by atoms with E-state index in [1.54, 1.807) is 6.92 Å². The van der Waals surface area contributed by atoms with E-state index in [-0.39, 0.29) is 11.4 Å². The summed E-state index contributed by atoms with van der Waals surface area (Å²) in [4.78, 5) is 21.6. The second-order valence-electron chi connectivity index (χ2n) is 2.95. The molecule has 0 aliphatic carbocycles. The second kappa shape index (κ2) is 4.61. The monoisotopic (exact) mass is 284 g/mol. The number of ketones is 1. The van der Waals surface area contributed by atoms with Gasteiger partial charge in [-0.05, 0) is 6.92 Å². The standard InChI is InChI=1S/C8H7Cl3N2O3/c1-2-12-4-5(13(15)16)3-6(12)7(14)8(9,10)11/h3-4H,2H2,1H3. The van der Waals surface area contributed by atoms with Gasteiger partial charge in [-0.2, -0.15) is 0 Å². The number of aromatic nitrogens is 1. The van der Waals surface area contributed by atoms with Crippen molar-refractivity contribution in [2.75, 3.05) is 0 Å². The maximum absolute atomic E-state index is 11.6. The van der Waals surface area contributed by atoms with E-state index in [0.29, 0.717) is 6.54 Å². The number of nitrogens with zero attached hydrogens (tertiary/aromatic N) is 2. The molecule has 1 aromatic heterocycles. The molecule has 0 saturated carbocycles. The Hall–Kier alpha value is -0.780. The zero-order valence-corrected chi connectivity index (χ0v) is 10.4. The molecule has 1 aromatic rings. The van der Waals surface area contributed by atoms with E-state index >= 15 is 0 Å². The fourth-order valence-corrected chi connectivity index (χ4v) is 1.48. The molecule has 0 aliphatic rings. The van der Waals surface area contributed by atoms with E-state index in [0.717, 1.165) is 6.07 Å². The second-order valence-corrected chi connectivity index (χ2v) is 5.23. The van der Waals surface area contributed by atoms with Crippen molar-refractivity contribution in [3.63, 3.8) is 0 Å². The lowest BCUT2D eigenvalue weighted by atomic mass is 10.3. The third-order valence-corrected chi connectivity index (χ3v) is 2.44. The highest BCUT2D eigenvalue weighted by atomic mass is 35.6. The fraction of sp³-hybridized carbons (Fsp3) is 0.375. The lowest BCUT2D eigenvalue weighted by Gasteiger charge is -2.10. The van der Waals surface area contributed by atoms with Crippen molar-refractivity contribution in [2.45, 2.75) is 17.3 Å². The number of nitro groups is 1. The molecule has 5 nitrogen and oxygen atoms in total. The summed E-state index contributed by atoms with van der Waals surface area (Å²) in [7, 11) is 0. The highest BCUT2D eigenvalue weighted by Gasteiger charge is 2.34. The Labute approximate surface area is 106 Å². The van der Waals surface area contributed by atoms with Crippen LogP contribution in [-0.4, -0.2) is 19.1 Å². The van der Waals surface area contributed by atoms with Gasteiger partial charge in [0.25, 0.3) is 9.48 Å². The molecule has 0 aromatic carbocycles. The van der Waals surface area contributed by atoms with Gasteiger partial charge >= 0.3 is 0 Å². The molecule has 88 valence electrons. The van der Waals surface area contributed by atoms with Gasteiger partial charge in [0.05, 0.1) is 16.8 Å². The number of rotatable bonds is 3. The van der Waals surface area contributed by atoms with Crippen molar-refractivity contribution in [1.82, 2.24) is 4.57 Å². The van der Waals surface area contributed by atoms with Gasteiger partial charge in [0.2, 0.25) is 5.78 Å². The first-order valence-electron chi connectivity index (χ1n) is 4.23. The molecule has 0 radical (unpaired) electrons. The number of carbonyl (C=O) groups excluding carboxylic acids is 1. The van der Waals surface area contributed by atoms with E-state index in [1.165, 1.54) is 10.8 Å². The number of carbonyl (C=O) groups is 1.